The number of nitriles is 1. The molecular formula is C15H17BN6O. The van der Waals surface area contributed by atoms with E-state index in [1.807, 2.05) is 31.1 Å². The van der Waals surface area contributed by atoms with Gasteiger partial charge in [0, 0.05) is 19.3 Å². The summed E-state index contributed by atoms with van der Waals surface area (Å²) >= 11 is 0. The van der Waals surface area contributed by atoms with Crippen molar-refractivity contribution in [2.75, 3.05) is 17.9 Å². The van der Waals surface area contributed by atoms with Gasteiger partial charge in [0.05, 0.1) is 5.39 Å². The van der Waals surface area contributed by atoms with Gasteiger partial charge in [-0.05, 0) is 24.8 Å². The van der Waals surface area contributed by atoms with Crippen LogP contribution in [0.1, 0.15) is 12.8 Å². The van der Waals surface area contributed by atoms with Gasteiger partial charge in [-0.3, -0.25) is 4.79 Å². The molecule has 2 aromatic heterocycles. The first-order chi connectivity index (χ1) is 11.2. The molecule has 0 aromatic carbocycles. The van der Waals surface area contributed by atoms with E-state index in [1.54, 1.807) is 6.08 Å². The summed E-state index contributed by atoms with van der Waals surface area (Å²) in [5.74, 6) is 0.905. The van der Waals surface area contributed by atoms with E-state index < -0.39 is 0 Å². The minimum atomic E-state index is -0.303. The maximum atomic E-state index is 12.0. The SMILES string of the molecule is BN(CCNC(=O)/C(C#N)=C/C1CC1)c1ncnc2[nH]ccc12. The van der Waals surface area contributed by atoms with Crippen LogP contribution in [0.2, 0.25) is 0 Å². The van der Waals surface area contributed by atoms with E-state index in [1.165, 1.54) is 6.33 Å². The summed E-state index contributed by atoms with van der Waals surface area (Å²) in [7, 11) is 1.91. The Morgan fingerprint density at radius 2 is 2.39 bits per heavy atom. The molecule has 1 amide bonds. The summed E-state index contributed by atoms with van der Waals surface area (Å²) in [6.45, 7) is 1.03. The third kappa shape index (κ3) is 3.51. The fourth-order valence-electron chi connectivity index (χ4n) is 2.36. The van der Waals surface area contributed by atoms with Gasteiger partial charge >= 0.3 is 0 Å². The first-order valence-corrected chi connectivity index (χ1v) is 7.58. The Balaban J connectivity index is 1.57. The number of rotatable bonds is 6. The molecule has 0 saturated heterocycles. The molecule has 0 atom stereocenters. The van der Waals surface area contributed by atoms with Crippen LogP contribution in [0, 0.1) is 17.2 Å². The molecule has 0 radical (unpaired) electrons. The van der Waals surface area contributed by atoms with Gasteiger partial charge in [-0.25, -0.2) is 9.97 Å². The fraction of sp³-hybridized carbons (Fsp3) is 0.333. The lowest BCUT2D eigenvalue weighted by Gasteiger charge is -2.19. The normalized spacial score (nSPS) is 14.5. The van der Waals surface area contributed by atoms with Crippen LogP contribution in [0.5, 0.6) is 0 Å². The number of aromatic amines is 1. The van der Waals surface area contributed by atoms with Crippen LogP contribution in [0.25, 0.3) is 11.0 Å². The van der Waals surface area contributed by atoms with Gasteiger partial charge < -0.3 is 15.1 Å². The third-order valence-electron chi connectivity index (χ3n) is 3.82. The molecule has 3 rings (SSSR count). The minimum Gasteiger partial charge on any atom is -0.405 e. The fourth-order valence-corrected chi connectivity index (χ4v) is 2.36. The van der Waals surface area contributed by atoms with Crippen molar-refractivity contribution in [2.45, 2.75) is 12.8 Å². The molecule has 0 spiro atoms. The Hall–Kier alpha value is -2.82. The first kappa shape index (κ1) is 15.1. The molecule has 1 saturated carbocycles. The van der Waals surface area contributed by atoms with Gasteiger partial charge in [-0.15, -0.1) is 0 Å². The van der Waals surface area contributed by atoms with Gasteiger partial charge in [0.15, 0.2) is 0 Å². The van der Waals surface area contributed by atoms with E-state index in [2.05, 4.69) is 20.3 Å². The third-order valence-corrected chi connectivity index (χ3v) is 3.82. The number of H-pyrrole nitrogens is 1. The predicted octanol–water partition coefficient (Wildman–Crippen LogP) is 0.289. The molecule has 7 nitrogen and oxygen atoms in total. The summed E-state index contributed by atoms with van der Waals surface area (Å²) in [4.78, 5) is 25.4. The van der Waals surface area contributed by atoms with Crippen molar-refractivity contribution in [2.24, 2.45) is 5.92 Å². The molecule has 0 aliphatic heterocycles. The van der Waals surface area contributed by atoms with E-state index in [9.17, 15) is 4.79 Å². The van der Waals surface area contributed by atoms with Crippen LogP contribution in [0.3, 0.4) is 0 Å². The van der Waals surface area contributed by atoms with Crippen molar-refractivity contribution in [1.82, 2.24) is 20.3 Å². The Morgan fingerprint density at radius 1 is 1.57 bits per heavy atom. The van der Waals surface area contributed by atoms with Crippen molar-refractivity contribution >= 4 is 30.7 Å². The maximum Gasteiger partial charge on any atom is 0.261 e. The summed E-state index contributed by atoms with van der Waals surface area (Å²) < 4.78 is 0. The average Bonchev–Trinajstić information content (AvgIpc) is 3.25. The molecule has 1 aliphatic rings. The predicted molar refractivity (Wildman–Crippen MR) is 89.2 cm³/mol. The number of hydrogen-bond acceptors (Lipinski definition) is 5. The molecule has 1 fully saturated rings. The number of anilines is 1. The summed E-state index contributed by atoms with van der Waals surface area (Å²) in [5.41, 5.74) is 0.996. The molecule has 8 heteroatoms. The smallest absolute Gasteiger partial charge is 0.261 e. The highest BCUT2D eigenvalue weighted by Gasteiger charge is 2.21. The van der Waals surface area contributed by atoms with Gasteiger partial charge in [-0.2, -0.15) is 5.26 Å². The largest absolute Gasteiger partial charge is 0.405 e. The van der Waals surface area contributed by atoms with E-state index in [0.29, 0.717) is 19.0 Å². The highest BCUT2D eigenvalue weighted by molar-refractivity contribution is 6.19. The first-order valence-electron chi connectivity index (χ1n) is 7.58. The van der Waals surface area contributed by atoms with E-state index >= 15 is 0 Å². The van der Waals surface area contributed by atoms with Gasteiger partial charge in [0.1, 0.15) is 29.4 Å². The van der Waals surface area contributed by atoms with Gasteiger partial charge in [0.25, 0.3) is 5.91 Å². The van der Waals surface area contributed by atoms with Crippen LogP contribution < -0.4 is 10.1 Å². The number of nitrogens with zero attached hydrogens (tertiary/aromatic N) is 4. The van der Waals surface area contributed by atoms with Crippen molar-refractivity contribution in [1.29, 1.82) is 5.26 Å². The molecule has 23 heavy (non-hydrogen) atoms. The Labute approximate surface area is 134 Å². The molecule has 1 aliphatic carbocycles. The van der Waals surface area contributed by atoms with E-state index in [0.717, 1.165) is 29.7 Å². The lowest BCUT2D eigenvalue weighted by molar-refractivity contribution is -0.117. The van der Waals surface area contributed by atoms with Gasteiger partial charge in [-0.1, -0.05) is 6.08 Å². The number of amides is 1. The number of carbonyl (C=O) groups is 1. The Kier molecular flexibility index (Phi) is 4.28. The average molecular weight is 308 g/mol. The zero-order valence-electron chi connectivity index (χ0n) is 12.9. The zero-order valence-corrected chi connectivity index (χ0v) is 12.9. The molecule has 2 aromatic rings. The molecule has 0 bridgehead atoms. The van der Waals surface area contributed by atoms with Crippen LogP contribution in [0.15, 0.2) is 30.2 Å². The Morgan fingerprint density at radius 3 is 3.13 bits per heavy atom. The summed E-state index contributed by atoms with van der Waals surface area (Å²) in [6, 6.07) is 3.90. The molecule has 116 valence electrons. The van der Waals surface area contributed by atoms with E-state index in [-0.39, 0.29) is 11.5 Å². The van der Waals surface area contributed by atoms with E-state index in [4.69, 9.17) is 5.26 Å². The van der Waals surface area contributed by atoms with Crippen molar-refractivity contribution in [3.05, 3.63) is 30.2 Å². The van der Waals surface area contributed by atoms with Crippen molar-refractivity contribution in [3.63, 3.8) is 0 Å². The Bertz CT molecular complexity index is 789. The van der Waals surface area contributed by atoms with Crippen LogP contribution >= 0.6 is 0 Å². The topological polar surface area (TPSA) is 97.7 Å². The molecule has 2 heterocycles. The zero-order chi connectivity index (χ0) is 16.2. The second-order valence-corrected chi connectivity index (χ2v) is 5.64. The number of fused-ring (bicyclic) bond motifs is 1. The lowest BCUT2D eigenvalue weighted by atomic mass is 10.2. The van der Waals surface area contributed by atoms with Crippen molar-refractivity contribution < 1.29 is 4.79 Å². The van der Waals surface area contributed by atoms with Crippen molar-refractivity contribution in [3.8, 4) is 6.07 Å². The minimum absolute atomic E-state index is 0.213. The number of nitrogens with one attached hydrogen (secondary N) is 2. The second-order valence-electron chi connectivity index (χ2n) is 5.64. The highest BCUT2D eigenvalue weighted by Crippen LogP contribution is 2.31. The van der Waals surface area contributed by atoms with Gasteiger partial charge in [0.2, 0.25) is 7.98 Å². The second kappa shape index (κ2) is 6.52. The molecule has 0 unspecified atom stereocenters. The number of allylic oxidation sites excluding steroid dienone is 1. The summed E-state index contributed by atoms with van der Waals surface area (Å²) in [6.07, 6.45) is 7.24. The number of carbonyl (C=O) groups excluding carboxylic acids is 1. The quantitative estimate of drug-likeness (QED) is 0.454. The maximum absolute atomic E-state index is 12.0. The monoisotopic (exact) mass is 308 g/mol. The van der Waals surface area contributed by atoms with Crippen LogP contribution in [0.4, 0.5) is 5.82 Å². The highest BCUT2D eigenvalue weighted by atomic mass is 16.1. The molecule has 2 N–H and O–H groups in total. The number of aromatic nitrogens is 3. The molecular weight excluding hydrogens is 291 g/mol. The lowest BCUT2D eigenvalue weighted by Crippen LogP contribution is -2.34. The summed E-state index contributed by atoms with van der Waals surface area (Å²) in [5, 5.41) is 12.8. The van der Waals surface area contributed by atoms with Crippen LogP contribution in [-0.4, -0.2) is 41.9 Å². The standard InChI is InChI=1S/C15H17BN6O/c16-22(14-12-3-4-18-13(12)20-9-21-14)6-5-19-15(23)11(8-17)7-10-1-2-10/h3-4,7,9-10H,1-2,5-6,16H2,(H,19,23)(H,18,20,21)/b11-7+. The van der Waals surface area contributed by atoms with Crippen LogP contribution in [-0.2, 0) is 4.79 Å². The number of hydrogen-bond donors (Lipinski definition) is 2.